The fourth-order valence-corrected chi connectivity index (χ4v) is 0.477. The van der Waals surface area contributed by atoms with Crippen LogP contribution in [0.15, 0.2) is 24.8 Å². The van der Waals surface area contributed by atoms with Crippen molar-refractivity contribution in [3.05, 3.63) is 24.8 Å². The van der Waals surface area contributed by atoms with Gasteiger partial charge in [-0.25, -0.2) is 0 Å². The van der Waals surface area contributed by atoms with Gasteiger partial charge in [0, 0.05) is 24.8 Å². The van der Waals surface area contributed by atoms with Crippen LogP contribution in [0.5, 0.6) is 0 Å². The first-order valence-electron chi connectivity index (χ1n) is 2.39. The number of hydrogen-bond donors (Lipinski definition) is 2. The van der Waals surface area contributed by atoms with Crippen molar-refractivity contribution < 1.29 is 5.11 Å². The number of hydrogen-bond acceptors (Lipinski definition) is 3. The van der Waals surface area contributed by atoms with Gasteiger partial charge in [0.15, 0.2) is 0 Å². The smallest absolute Gasteiger partial charge is 0.119 e. The van der Waals surface area contributed by atoms with Crippen LogP contribution >= 0.6 is 0 Å². The van der Waals surface area contributed by atoms with Crippen molar-refractivity contribution in [1.29, 1.82) is 0 Å². The number of aliphatic hydroxyl groups excluding tert-OH is 1. The lowest BCUT2D eigenvalue weighted by Crippen LogP contribution is -2.15. The monoisotopic (exact) mass is 112 g/mol. The molecule has 0 bridgehead atoms. The summed E-state index contributed by atoms with van der Waals surface area (Å²) in [4.78, 5) is 1.65. The molecule has 0 aromatic heterocycles. The Morgan fingerprint density at radius 2 is 2.00 bits per heavy atom. The number of aliphatic hydroxyl groups is 1. The molecule has 1 aliphatic heterocycles. The van der Waals surface area contributed by atoms with E-state index in [2.05, 4.69) is 5.32 Å². The summed E-state index contributed by atoms with van der Waals surface area (Å²) in [5.74, 6) is 0. The SMILES string of the molecule is OCN1C=CNC=C1. The summed E-state index contributed by atoms with van der Waals surface area (Å²) in [5.41, 5.74) is 0. The van der Waals surface area contributed by atoms with Crippen LogP contribution in [-0.4, -0.2) is 16.7 Å². The molecule has 0 aromatic carbocycles. The molecule has 1 rings (SSSR count). The molecule has 0 aromatic rings. The molecular weight excluding hydrogens is 104 g/mol. The lowest BCUT2D eigenvalue weighted by Gasteiger charge is -2.13. The highest BCUT2D eigenvalue weighted by molar-refractivity contribution is 4.97. The van der Waals surface area contributed by atoms with Crippen LogP contribution in [0.4, 0.5) is 0 Å². The summed E-state index contributed by atoms with van der Waals surface area (Å²) in [5, 5.41) is 11.3. The van der Waals surface area contributed by atoms with Gasteiger partial charge in [0.25, 0.3) is 0 Å². The molecule has 3 nitrogen and oxygen atoms in total. The average Bonchev–Trinajstić information content (AvgIpc) is 1.90. The summed E-state index contributed by atoms with van der Waals surface area (Å²) >= 11 is 0. The average molecular weight is 112 g/mol. The number of nitrogens with one attached hydrogen (secondary N) is 1. The minimum absolute atomic E-state index is 0.0364. The topological polar surface area (TPSA) is 35.5 Å². The fraction of sp³-hybridized carbons (Fsp3) is 0.200. The van der Waals surface area contributed by atoms with Crippen molar-refractivity contribution in [2.45, 2.75) is 0 Å². The van der Waals surface area contributed by atoms with E-state index in [1.807, 2.05) is 0 Å². The molecule has 0 amide bonds. The van der Waals surface area contributed by atoms with Gasteiger partial charge in [-0.1, -0.05) is 0 Å². The van der Waals surface area contributed by atoms with Crippen molar-refractivity contribution in [1.82, 2.24) is 10.2 Å². The van der Waals surface area contributed by atoms with Gasteiger partial charge in [-0.05, 0) is 0 Å². The van der Waals surface area contributed by atoms with Gasteiger partial charge in [-0.3, -0.25) is 0 Å². The zero-order valence-electron chi connectivity index (χ0n) is 4.41. The van der Waals surface area contributed by atoms with Crippen LogP contribution in [0.1, 0.15) is 0 Å². The van der Waals surface area contributed by atoms with Gasteiger partial charge < -0.3 is 15.3 Å². The molecule has 0 saturated heterocycles. The van der Waals surface area contributed by atoms with Gasteiger partial charge in [0.2, 0.25) is 0 Å². The first-order valence-corrected chi connectivity index (χ1v) is 2.39. The standard InChI is InChI=1S/C5H8N2O/c8-5-7-3-1-6-2-4-7/h1-4,6,8H,5H2. The predicted molar refractivity (Wildman–Crippen MR) is 30.3 cm³/mol. The van der Waals surface area contributed by atoms with Gasteiger partial charge >= 0.3 is 0 Å². The molecule has 0 saturated carbocycles. The van der Waals surface area contributed by atoms with Crippen LogP contribution in [0.25, 0.3) is 0 Å². The molecule has 0 spiro atoms. The highest BCUT2D eigenvalue weighted by Crippen LogP contribution is 1.91. The molecule has 0 unspecified atom stereocenters. The second-order valence-electron chi connectivity index (χ2n) is 1.45. The Bertz CT molecular complexity index is 108. The molecule has 3 heteroatoms. The molecule has 0 aliphatic carbocycles. The van der Waals surface area contributed by atoms with E-state index in [1.165, 1.54) is 0 Å². The van der Waals surface area contributed by atoms with Crippen molar-refractivity contribution in [3.63, 3.8) is 0 Å². The van der Waals surface area contributed by atoms with Gasteiger partial charge in [0.05, 0.1) is 0 Å². The van der Waals surface area contributed by atoms with Gasteiger partial charge in [-0.2, -0.15) is 0 Å². The quantitative estimate of drug-likeness (QED) is 0.492. The van der Waals surface area contributed by atoms with E-state index in [-0.39, 0.29) is 6.73 Å². The Balaban J connectivity index is 2.42. The molecule has 0 fully saturated rings. The van der Waals surface area contributed by atoms with Crippen LogP contribution in [-0.2, 0) is 0 Å². The lowest BCUT2D eigenvalue weighted by molar-refractivity contribution is 0.189. The Labute approximate surface area is 47.9 Å². The van der Waals surface area contributed by atoms with Crippen LogP contribution < -0.4 is 5.32 Å². The zero-order chi connectivity index (χ0) is 5.82. The fourth-order valence-electron chi connectivity index (χ4n) is 0.477. The molecule has 1 aliphatic rings. The summed E-state index contributed by atoms with van der Waals surface area (Å²) in [6.07, 6.45) is 6.99. The van der Waals surface area contributed by atoms with Gasteiger partial charge in [-0.15, -0.1) is 0 Å². The maximum Gasteiger partial charge on any atom is 0.119 e. The summed E-state index contributed by atoms with van der Waals surface area (Å²) in [6, 6.07) is 0. The molecule has 0 radical (unpaired) electrons. The predicted octanol–water partition coefficient (Wildman–Crippen LogP) is -0.216. The van der Waals surface area contributed by atoms with E-state index in [4.69, 9.17) is 5.11 Å². The van der Waals surface area contributed by atoms with Crippen LogP contribution in [0.2, 0.25) is 0 Å². The van der Waals surface area contributed by atoms with Crippen LogP contribution in [0, 0.1) is 0 Å². The number of rotatable bonds is 1. The normalized spacial score (nSPS) is 16.4. The second-order valence-corrected chi connectivity index (χ2v) is 1.45. The summed E-state index contributed by atoms with van der Waals surface area (Å²) < 4.78 is 0. The maximum atomic E-state index is 8.49. The molecule has 44 valence electrons. The maximum absolute atomic E-state index is 8.49. The highest BCUT2D eigenvalue weighted by Gasteiger charge is 1.90. The van der Waals surface area contributed by atoms with E-state index < -0.39 is 0 Å². The Morgan fingerprint density at radius 3 is 2.38 bits per heavy atom. The van der Waals surface area contributed by atoms with Crippen molar-refractivity contribution in [3.8, 4) is 0 Å². The first kappa shape index (κ1) is 5.18. The summed E-state index contributed by atoms with van der Waals surface area (Å²) in [6.45, 7) is 0.0364. The van der Waals surface area contributed by atoms with E-state index in [9.17, 15) is 0 Å². The molecule has 0 atom stereocenters. The molecule has 2 N–H and O–H groups in total. The lowest BCUT2D eigenvalue weighted by atomic mass is 10.6. The van der Waals surface area contributed by atoms with Gasteiger partial charge in [0.1, 0.15) is 6.73 Å². The van der Waals surface area contributed by atoms with Crippen molar-refractivity contribution in [2.75, 3.05) is 6.73 Å². The largest absolute Gasteiger partial charge is 0.376 e. The Morgan fingerprint density at radius 1 is 1.38 bits per heavy atom. The third-order valence-corrected chi connectivity index (χ3v) is 0.888. The first-order chi connectivity index (χ1) is 3.93. The Kier molecular flexibility index (Phi) is 1.54. The molecular formula is C5H8N2O. The van der Waals surface area contributed by atoms with E-state index in [0.717, 1.165) is 0 Å². The number of nitrogens with zero attached hydrogens (tertiary/aromatic N) is 1. The highest BCUT2D eigenvalue weighted by atomic mass is 16.3. The molecule has 8 heavy (non-hydrogen) atoms. The third-order valence-electron chi connectivity index (χ3n) is 0.888. The van der Waals surface area contributed by atoms with Crippen molar-refractivity contribution in [2.24, 2.45) is 0 Å². The minimum Gasteiger partial charge on any atom is -0.376 e. The third kappa shape index (κ3) is 1.01. The second kappa shape index (κ2) is 2.37. The van der Waals surface area contributed by atoms with Crippen molar-refractivity contribution >= 4 is 0 Å². The summed E-state index contributed by atoms with van der Waals surface area (Å²) in [7, 11) is 0. The van der Waals surface area contributed by atoms with E-state index >= 15 is 0 Å². The molecule has 1 heterocycles. The van der Waals surface area contributed by atoms with E-state index in [0.29, 0.717) is 0 Å². The zero-order valence-corrected chi connectivity index (χ0v) is 4.41. The van der Waals surface area contributed by atoms with Crippen LogP contribution in [0.3, 0.4) is 0 Å². The van der Waals surface area contributed by atoms with E-state index in [1.54, 1.807) is 29.7 Å². The minimum atomic E-state index is 0.0364. The Hall–Kier alpha value is -0.960.